The largest absolute Gasteiger partial charge is 0.416 e. The van der Waals surface area contributed by atoms with Crippen LogP contribution in [-0.4, -0.2) is 0 Å². The van der Waals surface area contributed by atoms with Crippen LogP contribution in [0.2, 0.25) is 0 Å². The first-order chi connectivity index (χ1) is 9.68. The average Bonchev–Trinajstić information content (AvgIpc) is 2.37. The molecular formula is C16H15F4N. The minimum Gasteiger partial charge on any atom is -0.321 e. The molecule has 1 unspecified atom stereocenters. The van der Waals surface area contributed by atoms with Crippen molar-refractivity contribution in [2.45, 2.75) is 25.1 Å². The van der Waals surface area contributed by atoms with Gasteiger partial charge in [0.15, 0.2) is 0 Å². The van der Waals surface area contributed by atoms with Crippen molar-refractivity contribution >= 4 is 0 Å². The SMILES string of the molecule is CC(N)(Cc1cccc(C(F)(F)F)c1)c1cccc(F)c1. The molecule has 0 aliphatic heterocycles. The molecule has 0 saturated carbocycles. The molecule has 5 heteroatoms. The lowest BCUT2D eigenvalue weighted by Gasteiger charge is -2.26. The van der Waals surface area contributed by atoms with Crippen molar-refractivity contribution in [3.63, 3.8) is 0 Å². The molecule has 0 bridgehead atoms. The molecule has 112 valence electrons. The highest BCUT2D eigenvalue weighted by molar-refractivity contribution is 5.31. The van der Waals surface area contributed by atoms with Crippen LogP contribution in [0.4, 0.5) is 17.6 Å². The summed E-state index contributed by atoms with van der Waals surface area (Å²) in [5, 5.41) is 0. The molecule has 2 rings (SSSR count). The van der Waals surface area contributed by atoms with E-state index in [1.807, 2.05) is 0 Å². The van der Waals surface area contributed by atoms with E-state index in [-0.39, 0.29) is 6.42 Å². The molecule has 1 atom stereocenters. The molecule has 2 aromatic carbocycles. The maximum atomic E-state index is 13.3. The van der Waals surface area contributed by atoms with Gasteiger partial charge in [0.05, 0.1) is 5.56 Å². The molecule has 0 amide bonds. The summed E-state index contributed by atoms with van der Waals surface area (Å²) >= 11 is 0. The Morgan fingerprint density at radius 3 is 2.19 bits per heavy atom. The summed E-state index contributed by atoms with van der Waals surface area (Å²) in [7, 11) is 0. The molecule has 0 aliphatic rings. The lowest BCUT2D eigenvalue weighted by Crippen LogP contribution is -2.35. The van der Waals surface area contributed by atoms with Gasteiger partial charge in [-0.1, -0.05) is 30.3 Å². The van der Waals surface area contributed by atoms with Gasteiger partial charge in [0.25, 0.3) is 0 Å². The molecule has 0 fully saturated rings. The smallest absolute Gasteiger partial charge is 0.321 e. The van der Waals surface area contributed by atoms with Crippen molar-refractivity contribution in [3.05, 3.63) is 71.0 Å². The lowest BCUT2D eigenvalue weighted by atomic mass is 9.86. The summed E-state index contributed by atoms with van der Waals surface area (Å²) < 4.78 is 51.3. The topological polar surface area (TPSA) is 26.0 Å². The zero-order chi connectivity index (χ0) is 15.7. The Bertz CT molecular complexity index is 632. The predicted octanol–water partition coefficient (Wildman–Crippen LogP) is 4.26. The van der Waals surface area contributed by atoms with Crippen LogP contribution in [0, 0.1) is 5.82 Å². The van der Waals surface area contributed by atoms with Crippen molar-refractivity contribution in [1.82, 2.24) is 0 Å². The van der Waals surface area contributed by atoms with Crippen LogP contribution in [0.3, 0.4) is 0 Å². The summed E-state index contributed by atoms with van der Waals surface area (Å²) in [4.78, 5) is 0. The molecule has 21 heavy (non-hydrogen) atoms. The van der Waals surface area contributed by atoms with Crippen LogP contribution < -0.4 is 5.73 Å². The number of rotatable bonds is 3. The van der Waals surface area contributed by atoms with Gasteiger partial charge >= 0.3 is 6.18 Å². The van der Waals surface area contributed by atoms with E-state index in [0.717, 1.165) is 12.1 Å². The molecule has 0 aromatic heterocycles. The lowest BCUT2D eigenvalue weighted by molar-refractivity contribution is -0.137. The molecular weight excluding hydrogens is 282 g/mol. The number of benzene rings is 2. The third-order valence-electron chi connectivity index (χ3n) is 3.31. The Labute approximate surface area is 120 Å². The van der Waals surface area contributed by atoms with Crippen LogP contribution in [0.1, 0.15) is 23.6 Å². The second kappa shape index (κ2) is 5.48. The standard InChI is InChI=1S/C16H15F4N/c1-15(21,12-5-3-7-14(17)9-12)10-11-4-2-6-13(8-11)16(18,19)20/h2-9H,10,21H2,1H3. The van der Waals surface area contributed by atoms with Crippen LogP contribution in [-0.2, 0) is 18.1 Å². The Hall–Kier alpha value is -1.88. The maximum Gasteiger partial charge on any atom is 0.416 e. The number of halogens is 4. The van der Waals surface area contributed by atoms with Gasteiger partial charge in [0.2, 0.25) is 0 Å². The first kappa shape index (κ1) is 15.5. The summed E-state index contributed by atoms with van der Waals surface area (Å²) in [5.41, 5.74) is 5.48. The highest BCUT2D eigenvalue weighted by atomic mass is 19.4. The van der Waals surface area contributed by atoms with Gasteiger partial charge in [-0.05, 0) is 42.7 Å². The van der Waals surface area contributed by atoms with Crippen LogP contribution in [0.25, 0.3) is 0 Å². The van der Waals surface area contributed by atoms with Gasteiger partial charge in [-0.2, -0.15) is 13.2 Å². The van der Waals surface area contributed by atoms with Gasteiger partial charge in [0.1, 0.15) is 5.82 Å². The first-order valence-electron chi connectivity index (χ1n) is 6.39. The third-order valence-corrected chi connectivity index (χ3v) is 3.31. The van der Waals surface area contributed by atoms with E-state index >= 15 is 0 Å². The molecule has 0 saturated heterocycles. The van der Waals surface area contributed by atoms with Crippen LogP contribution in [0.15, 0.2) is 48.5 Å². The van der Waals surface area contributed by atoms with Gasteiger partial charge in [-0.3, -0.25) is 0 Å². The molecule has 0 aliphatic carbocycles. The minimum atomic E-state index is -4.39. The second-order valence-corrected chi connectivity index (χ2v) is 5.30. The minimum absolute atomic E-state index is 0.181. The van der Waals surface area contributed by atoms with E-state index in [1.54, 1.807) is 19.1 Å². The highest BCUT2D eigenvalue weighted by Crippen LogP contribution is 2.31. The first-order valence-corrected chi connectivity index (χ1v) is 6.39. The predicted molar refractivity (Wildman–Crippen MR) is 73.1 cm³/mol. The van der Waals surface area contributed by atoms with Crippen LogP contribution in [0.5, 0.6) is 0 Å². The molecule has 2 aromatic rings. The molecule has 0 radical (unpaired) electrons. The van der Waals surface area contributed by atoms with E-state index in [1.165, 1.54) is 24.3 Å². The van der Waals surface area contributed by atoms with Gasteiger partial charge in [0, 0.05) is 5.54 Å². The number of alkyl halides is 3. The Morgan fingerprint density at radius 1 is 0.952 bits per heavy atom. The highest BCUT2D eigenvalue weighted by Gasteiger charge is 2.31. The van der Waals surface area contributed by atoms with E-state index in [4.69, 9.17) is 5.73 Å². The molecule has 0 spiro atoms. The van der Waals surface area contributed by atoms with Crippen molar-refractivity contribution < 1.29 is 17.6 Å². The Morgan fingerprint density at radius 2 is 1.57 bits per heavy atom. The van der Waals surface area contributed by atoms with Crippen molar-refractivity contribution in [3.8, 4) is 0 Å². The van der Waals surface area contributed by atoms with Gasteiger partial charge < -0.3 is 5.73 Å². The van der Waals surface area contributed by atoms with E-state index in [9.17, 15) is 17.6 Å². The van der Waals surface area contributed by atoms with Gasteiger partial charge in [-0.25, -0.2) is 4.39 Å². The normalized spacial score (nSPS) is 14.8. The number of hydrogen-bond donors (Lipinski definition) is 1. The van der Waals surface area contributed by atoms with Crippen molar-refractivity contribution in [2.75, 3.05) is 0 Å². The fourth-order valence-corrected chi connectivity index (χ4v) is 2.23. The average molecular weight is 297 g/mol. The molecule has 1 nitrogen and oxygen atoms in total. The summed E-state index contributed by atoms with van der Waals surface area (Å²) in [6.07, 6.45) is -4.21. The zero-order valence-electron chi connectivity index (χ0n) is 11.4. The number of hydrogen-bond acceptors (Lipinski definition) is 1. The summed E-state index contributed by atoms with van der Waals surface area (Å²) in [6, 6.07) is 10.8. The van der Waals surface area contributed by atoms with E-state index < -0.39 is 23.1 Å². The Kier molecular flexibility index (Phi) is 4.05. The van der Waals surface area contributed by atoms with Crippen molar-refractivity contribution in [1.29, 1.82) is 0 Å². The molecule has 0 heterocycles. The summed E-state index contributed by atoms with van der Waals surface area (Å²) in [6.45, 7) is 1.67. The second-order valence-electron chi connectivity index (χ2n) is 5.30. The van der Waals surface area contributed by atoms with Gasteiger partial charge in [-0.15, -0.1) is 0 Å². The zero-order valence-corrected chi connectivity index (χ0v) is 11.4. The molecule has 2 N–H and O–H groups in total. The fraction of sp³-hybridized carbons (Fsp3) is 0.250. The number of nitrogens with two attached hydrogens (primary N) is 1. The summed E-state index contributed by atoms with van der Waals surface area (Å²) in [5.74, 6) is -0.423. The monoisotopic (exact) mass is 297 g/mol. The fourth-order valence-electron chi connectivity index (χ4n) is 2.23. The van der Waals surface area contributed by atoms with E-state index in [0.29, 0.717) is 11.1 Å². The van der Waals surface area contributed by atoms with Crippen LogP contribution >= 0.6 is 0 Å². The van der Waals surface area contributed by atoms with Crippen molar-refractivity contribution in [2.24, 2.45) is 5.73 Å². The third kappa shape index (κ3) is 3.82. The maximum absolute atomic E-state index is 13.3. The Balaban J connectivity index is 2.28. The quantitative estimate of drug-likeness (QED) is 0.842. The van der Waals surface area contributed by atoms with E-state index in [2.05, 4.69) is 0 Å².